The highest BCUT2D eigenvalue weighted by atomic mass is 16.5. The lowest BCUT2D eigenvalue weighted by Crippen LogP contribution is -2.14. The SMILES string of the molecule is COc1ccc(OCCNc2nc(C)cc(Nc3ccc(C(=O)O)cc3)n2)cc1. The third-order valence-electron chi connectivity index (χ3n) is 3.97. The summed E-state index contributed by atoms with van der Waals surface area (Å²) >= 11 is 0. The molecule has 1 heterocycles. The molecule has 0 fully saturated rings. The molecule has 8 heteroatoms. The molecule has 0 radical (unpaired) electrons. The quantitative estimate of drug-likeness (QED) is 0.472. The molecule has 1 aromatic heterocycles. The minimum absolute atomic E-state index is 0.230. The maximum Gasteiger partial charge on any atom is 0.335 e. The number of ether oxygens (including phenoxy) is 2. The molecule has 0 saturated carbocycles. The van der Waals surface area contributed by atoms with Gasteiger partial charge in [0.2, 0.25) is 5.95 Å². The second-order valence-corrected chi connectivity index (χ2v) is 6.18. The van der Waals surface area contributed by atoms with E-state index in [1.54, 1.807) is 19.2 Å². The summed E-state index contributed by atoms with van der Waals surface area (Å²) in [5.74, 6) is 1.66. The highest BCUT2D eigenvalue weighted by Crippen LogP contribution is 2.18. The van der Waals surface area contributed by atoms with E-state index in [1.165, 1.54) is 12.1 Å². The van der Waals surface area contributed by atoms with Gasteiger partial charge < -0.3 is 25.2 Å². The molecule has 8 nitrogen and oxygen atoms in total. The van der Waals surface area contributed by atoms with Gasteiger partial charge in [-0.1, -0.05) is 0 Å². The lowest BCUT2D eigenvalue weighted by Gasteiger charge is -2.11. The number of nitrogens with zero attached hydrogens (tertiary/aromatic N) is 2. The number of anilines is 3. The zero-order chi connectivity index (χ0) is 20.6. The van der Waals surface area contributed by atoms with Crippen LogP contribution in [0.15, 0.2) is 54.6 Å². The lowest BCUT2D eigenvalue weighted by molar-refractivity contribution is 0.0697. The van der Waals surface area contributed by atoms with Gasteiger partial charge in [0.25, 0.3) is 0 Å². The summed E-state index contributed by atoms with van der Waals surface area (Å²) in [6.07, 6.45) is 0. The van der Waals surface area contributed by atoms with Crippen LogP contribution in [0, 0.1) is 6.92 Å². The summed E-state index contributed by atoms with van der Waals surface area (Å²) in [6.45, 7) is 2.85. The van der Waals surface area contributed by atoms with Crippen molar-refractivity contribution < 1.29 is 19.4 Å². The molecule has 2 aromatic carbocycles. The molecular weight excluding hydrogens is 372 g/mol. The van der Waals surface area contributed by atoms with Crippen molar-refractivity contribution in [3.8, 4) is 11.5 Å². The second kappa shape index (κ2) is 9.41. The zero-order valence-corrected chi connectivity index (χ0v) is 16.2. The van der Waals surface area contributed by atoms with Crippen molar-refractivity contribution in [3.05, 3.63) is 65.9 Å². The van der Waals surface area contributed by atoms with Crippen LogP contribution in [-0.4, -0.2) is 41.3 Å². The number of carboxylic acid groups (broad SMARTS) is 1. The van der Waals surface area contributed by atoms with Crippen LogP contribution in [0.3, 0.4) is 0 Å². The van der Waals surface area contributed by atoms with Gasteiger partial charge in [0.15, 0.2) is 0 Å². The zero-order valence-electron chi connectivity index (χ0n) is 16.2. The van der Waals surface area contributed by atoms with Crippen molar-refractivity contribution in [3.63, 3.8) is 0 Å². The van der Waals surface area contributed by atoms with E-state index in [0.29, 0.717) is 24.9 Å². The first-order valence-electron chi connectivity index (χ1n) is 9.00. The number of benzene rings is 2. The molecule has 3 aromatic rings. The van der Waals surface area contributed by atoms with Crippen molar-refractivity contribution in [2.45, 2.75) is 6.92 Å². The van der Waals surface area contributed by atoms with Gasteiger partial charge in [-0.25, -0.2) is 9.78 Å². The normalized spacial score (nSPS) is 10.3. The Kier molecular flexibility index (Phi) is 6.47. The number of carbonyl (C=O) groups is 1. The van der Waals surface area contributed by atoms with E-state index in [-0.39, 0.29) is 5.56 Å². The van der Waals surface area contributed by atoms with Crippen LogP contribution in [0.5, 0.6) is 11.5 Å². The van der Waals surface area contributed by atoms with Gasteiger partial charge in [0.05, 0.1) is 19.2 Å². The predicted molar refractivity (Wildman–Crippen MR) is 110 cm³/mol. The Labute approximate surface area is 168 Å². The van der Waals surface area contributed by atoms with Gasteiger partial charge in [-0.05, 0) is 55.5 Å². The molecule has 0 aliphatic heterocycles. The number of carboxylic acids is 1. The summed E-state index contributed by atoms with van der Waals surface area (Å²) in [5, 5.41) is 15.3. The molecule has 0 aliphatic rings. The smallest absolute Gasteiger partial charge is 0.335 e. The topological polar surface area (TPSA) is 106 Å². The van der Waals surface area contributed by atoms with Crippen LogP contribution < -0.4 is 20.1 Å². The highest BCUT2D eigenvalue weighted by molar-refractivity contribution is 5.88. The standard InChI is InChI=1S/C21H22N4O4/c1-14-13-19(24-16-5-3-15(4-6-16)20(26)27)25-21(23-14)22-11-12-29-18-9-7-17(28-2)8-10-18/h3-10,13H,11-12H2,1-2H3,(H,26,27)(H2,22,23,24,25). The van der Waals surface area contributed by atoms with E-state index in [4.69, 9.17) is 14.6 Å². The minimum Gasteiger partial charge on any atom is -0.497 e. The summed E-state index contributed by atoms with van der Waals surface area (Å²) in [4.78, 5) is 19.7. The molecule has 29 heavy (non-hydrogen) atoms. The average Bonchev–Trinajstić information content (AvgIpc) is 2.72. The lowest BCUT2D eigenvalue weighted by atomic mass is 10.2. The minimum atomic E-state index is -0.960. The van der Waals surface area contributed by atoms with E-state index in [0.717, 1.165) is 22.9 Å². The number of rotatable bonds is 9. The molecule has 0 bridgehead atoms. The first-order chi connectivity index (χ1) is 14.0. The van der Waals surface area contributed by atoms with Gasteiger partial charge in [0.1, 0.15) is 23.9 Å². The van der Waals surface area contributed by atoms with Crippen LogP contribution in [0.25, 0.3) is 0 Å². The summed E-state index contributed by atoms with van der Waals surface area (Å²) in [7, 11) is 1.62. The van der Waals surface area contributed by atoms with Crippen molar-refractivity contribution >= 4 is 23.4 Å². The number of aryl methyl sites for hydroxylation is 1. The largest absolute Gasteiger partial charge is 0.497 e. The van der Waals surface area contributed by atoms with Gasteiger partial charge in [-0.2, -0.15) is 4.98 Å². The molecule has 0 aliphatic carbocycles. The Balaban J connectivity index is 1.54. The number of hydrogen-bond donors (Lipinski definition) is 3. The molecule has 150 valence electrons. The summed E-state index contributed by atoms with van der Waals surface area (Å²) in [5.41, 5.74) is 1.76. The summed E-state index contributed by atoms with van der Waals surface area (Å²) < 4.78 is 10.8. The molecular formula is C21H22N4O4. The van der Waals surface area contributed by atoms with Crippen LogP contribution in [0.4, 0.5) is 17.5 Å². The molecule has 3 N–H and O–H groups in total. The maximum atomic E-state index is 10.9. The number of methoxy groups -OCH3 is 1. The van der Waals surface area contributed by atoms with Crippen molar-refractivity contribution in [1.82, 2.24) is 9.97 Å². The maximum absolute atomic E-state index is 10.9. The third-order valence-corrected chi connectivity index (χ3v) is 3.97. The van der Waals surface area contributed by atoms with Crippen LogP contribution in [0.2, 0.25) is 0 Å². The van der Waals surface area contributed by atoms with Crippen LogP contribution in [0.1, 0.15) is 16.1 Å². The Morgan fingerprint density at radius 3 is 2.38 bits per heavy atom. The average molecular weight is 394 g/mol. The van der Waals surface area contributed by atoms with Crippen LogP contribution in [-0.2, 0) is 0 Å². The highest BCUT2D eigenvalue weighted by Gasteiger charge is 2.05. The Hall–Kier alpha value is -3.81. The fourth-order valence-electron chi connectivity index (χ4n) is 2.56. The van der Waals surface area contributed by atoms with Gasteiger partial charge in [-0.15, -0.1) is 0 Å². The van der Waals surface area contributed by atoms with Crippen LogP contribution >= 0.6 is 0 Å². The van der Waals surface area contributed by atoms with Crippen molar-refractivity contribution in [2.24, 2.45) is 0 Å². The molecule has 0 saturated heterocycles. The third kappa shape index (κ3) is 5.83. The van der Waals surface area contributed by atoms with Gasteiger partial charge in [-0.3, -0.25) is 0 Å². The fraction of sp³-hybridized carbons (Fsp3) is 0.190. The fourth-order valence-corrected chi connectivity index (χ4v) is 2.56. The first kappa shape index (κ1) is 19.9. The molecule has 3 rings (SSSR count). The summed E-state index contributed by atoms with van der Waals surface area (Å²) in [6, 6.07) is 15.6. The van der Waals surface area contributed by atoms with Gasteiger partial charge in [0, 0.05) is 17.4 Å². The first-order valence-corrected chi connectivity index (χ1v) is 9.00. The molecule has 0 unspecified atom stereocenters. The number of hydrogen-bond acceptors (Lipinski definition) is 7. The van der Waals surface area contributed by atoms with E-state index in [1.807, 2.05) is 37.3 Å². The second-order valence-electron chi connectivity index (χ2n) is 6.18. The van der Waals surface area contributed by atoms with E-state index in [2.05, 4.69) is 20.6 Å². The van der Waals surface area contributed by atoms with E-state index in [9.17, 15) is 4.79 Å². The van der Waals surface area contributed by atoms with E-state index < -0.39 is 5.97 Å². The van der Waals surface area contributed by atoms with E-state index >= 15 is 0 Å². The van der Waals surface area contributed by atoms with Crippen molar-refractivity contribution in [1.29, 1.82) is 0 Å². The number of nitrogens with one attached hydrogen (secondary N) is 2. The molecule has 0 amide bonds. The number of aromatic nitrogens is 2. The number of aromatic carboxylic acids is 1. The van der Waals surface area contributed by atoms with Gasteiger partial charge >= 0.3 is 5.97 Å². The monoisotopic (exact) mass is 394 g/mol. The molecule has 0 spiro atoms. The predicted octanol–water partition coefficient (Wildman–Crippen LogP) is 3.73. The Bertz CT molecular complexity index is 959. The molecule has 0 atom stereocenters. The van der Waals surface area contributed by atoms with Crippen molar-refractivity contribution in [2.75, 3.05) is 30.9 Å². The Morgan fingerprint density at radius 2 is 1.72 bits per heavy atom. The Morgan fingerprint density at radius 1 is 1.03 bits per heavy atom.